The van der Waals surface area contributed by atoms with E-state index in [9.17, 15) is 13.7 Å². The molecule has 2 aromatic heterocycles. The maximum absolute atomic E-state index is 10.7. The Morgan fingerprint density at radius 2 is 1.62 bits per heavy atom. The molecule has 0 fully saturated rings. The molecule has 0 aliphatic heterocycles. The van der Waals surface area contributed by atoms with E-state index < -0.39 is 23.5 Å². The number of nitrogen functional groups attached to an aromatic ring is 1. The summed E-state index contributed by atoms with van der Waals surface area (Å²) >= 11 is 1.50. The minimum Gasteiger partial charge on any atom is -1.00 e. The molecule has 32 heavy (non-hydrogen) atoms. The van der Waals surface area contributed by atoms with Crippen LogP contribution in [-0.4, -0.2) is 45.9 Å². The first-order valence-electron chi connectivity index (χ1n) is 8.04. The standard InChI is InChI=1S/C12H17N4O4PS.ClH.H4O7P2/c1-8-11(3-4-20-21(17,18)19)22-7-16(8)6-10-5-14-9(2)15-12(10)13;;1-8(2,3)7-9(4,5)6/h5,7H,3-4,6H2,1-2H3,(H3-,13,14,15,17,18,19);1H;(H2,1,2,3)(H2,4,5,6). The van der Waals surface area contributed by atoms with E-state index in [-0.39, 0.29) is 19.0 Å². The zero-order valence-corrected chi connectivity index (χ0v) is 20.8. The molecule has 0 aromatic carbocycles. The number of nitrogens with zero attached hydrogens (tertiary/aromatic N) is 3. The topological polar surface area (TPSA) is 247 Å². The van der Waals surface area contributed by atoms with E-state index in [1.165, 1.54) is 11.3 Å². The molecule has 0 unspecified atom stereocenters. The fourth-order valence-corrected chi connectivity index (χ4v) is 4.47. The molecule has 0 radical (unpaired) electrons. The van der Waals surface area contributed by atoms with Crippen LogP contribution in [0.4, 0.5) is 5.82 Å². The summed E-state index contributed by atoms with van der Waals surface area (Å²) in [6, 6.07) is 0. The van der Waals surface area contributed by atoms with Gasteiger partial charge in [0.1, 0.15) is 11.6 Å². The van der Waals surface area contributed by atoms with E-state index >= 15 is 0 Å². The third-order valence-corrected chi connectivity index (χ3v) is 6.68. The van der Waals surface area contributed by atoms with Crippen molar-refractivity contribution < 1.29 is 68.9 Å². The Labute approximate surface area is 192 Å². The van der Waals surface area contributed by atoms with Gasteiger partial charge in [0.2, 0.25) is 5.51 Å². The molecule has 184 valence electrons. The summed E-state index contributed by atoms with van der Waals surface area (Å²) in [5.41, 5.74) is 9.65. The van der Waals surface area contributed by atoms with Crippen molar-refractivity contribution in [2.75, 3.05) is 12.3 Å². The van der Waals surface area contributed by atoms with Crippen molar-refractivity contribution in [3.05, 3.63) is 33.7 Å². The van der Waals surface area contributed by atoms with Crippen molar-refractivity contribution in [2.45, 2.75) is 26.8 Å². The van der Waals surface area contributed by atoms with E-state index in [1.807, 2.05) is 17.0 Å². The van der Waals surface area contributed by atoms with E-state index in [0.29, 0.717) is 24.6 Å². The number of thiazole rings is 1. The Hall–Kier alpha value is -0.830. The molecule has 0 aliphatic rings. The first-order chi connectivity index (χ1) is 14.0. The van der Waals surface area contributed by atoms with Crippen molar-refractivity contribution in [1.29, 1.82) is 0 Å². The summed E-state index contributed by atoms with van der Waals surface area (Å²) in [6.07, 6.45) is 2.15. The van der Waals surface area contributed by atoms with Gasteiger partial charge in [0.15, 0.2) is 12.2 Å². The van der Waals surface area contributed by atoms with Gasteiger partial charge in [-0.15, -0.1) is 0 Å². The summed E-state index contributed by atoms with van der Waals surface area (Å²) in [5.74, 6) is 1.08. The summed E-state index contributed by atoms with van der Waals surface area (Å²) in [4.78, 5) is 57.6. The van der Waals surface area contributed by atoms with E-state index in [4.69, 9.17) is 35.1 Å². The lowest BCUT2D eigenvalue weighted by atomic mass is 10.2. The van der Waals surface area contributed by atoms with Crippen molar-refractivity contribution in [1.82, 2.24) is 9.97 Å². The van der Waals surface area contributed by atoms with Crippen LogP contribution in [0.2, 0.25) is 0 Å². The van der Waals surface area contributed by atoms with Gasteiger partial charge in [-0.1, -0.05) is 11.3 Å². The van der Waals surface area contributed by atoms with Gasteiger partial charge in [-0.3, -0.25) is 4.52 Å². The second-order valence-electron chi connectivity index (χ2n) is 5.82. The van der Waals surface area contributed by atoms with Gasteiger partial charge in [0.05, 0.1) is 17.0 Å². The summed E-state index contributed by atoms with van der Waals surface area (Å²) in [7, 11) is -14.5. The van der Waals surface area contributed by atoms with E-state index in [1.54, 1.807) is 13.1 Å². The quantitative estimate of drug-likeness (QED) is 0.125. The zero-order chi connectivity index (χ0) is 24.0. The first-order valence-corrected chi connectivity index (χ1v) is 13.5. The number of aryl methyl sites for hydroxylation is 1. The third-order valence-electron chi connectivity index (χ3n) is 3.32. The van der Waals surface area contributed by atoms with Crippen LogP contribution in [0.3, 0.4) is 0 Å². The molecule has 0 amide bonds. The summed E-state index contributed by atoms with van der Waals surface area (Å²) in [5, 5.41) is 0. The molecule has 0 atom stereocenters. The average Bonchev–Trinajstić information content (AvgIpc) is 2.87. The Kier molecular flexibility index (Phi) is 12.3. The SMILES string of the molecule is Cc1ncc(C[n+]2csc(CCOP(=O)(O)O)c2C)c(N)n1.O=P(O)(O)OP(=O)(O)O.[Cl-]. The normalized spacial score (nSPS) is 12.0. The number of nitrogens with two attached hydrogens (primary N) is 1. The number of anilines is 1. The van der Waals surface area contributed by atoms with Crippen LogP contribution >= 0.6 is 34.8 Å². The van der Waals surface area contributed by atoms with Crippen LogP contribution in [0, 0.1) is 13.8 Å². The van der Waals surface area contributed by atoms with Crippen LogP contribution in [-0.2, 0) is 35.5 Å². The highest BCUT2D eigenvalue weighted by atomic mass is 35.5. The van der Waals surface area contributed by atoms with Crippen LogP contribution in [0.5, 0.6) is 0 Å². The molecular weight excluding hydrogens is 537 g/mol. The highest BCUT2D eigenvalue weighted by molar-refractivity contribution is 7.60. The predicted octanol–water partition coefficient (Wildman–Crippen LogP) is -3.08. The lowest BCUT2D eigenvalue weighted by Gasteiger charge is -2.04. The van der Waals surface area contributed by atoms with Gasteiger partial charge in [-0.2, -0.15) is 8.88 Å². The fourth-order valence-electron chi connectivity index (χ4n) is 2.06. The molecule has 2 rings (SSSR count). The maximum Gasteiger partial charge on any atom is 0.478 e. The molecular formula is C12H22ClN4O11P3S. The third kappa shape index (κ3) is 13.0. The molecule has 0 saturated carbocycles. The van der Waals surface area contributed by atoms with Crippen molar-refractivity contribution >= 4 is 40.6 Å². The Morgan fingerprint density at radius 3 is 2.06 bits per heavy atom. The van der Waals surface area contributed by atoms with E-state index in [2.05, 4.69) is 18.8 Å². The second kappa shape index (κ2) is 12.6. The van der Waals surface area contributed by atoms with Gasteiger partial charge >= 0.3 is 23.5 Å². The van der Waals surface area contributed by atoms with Gasteiger partial charge in [-0.25, -0.2) is 23.7 Å². The number of halogens is 1. The second-order valence-corrected chi connectivity index (χ2v) is 10.6. The molecule has 0 bridgehead atoms. The monoisotopic (exact) mass is 558 g/mol. The minimum atomic E-state index is -5.05. The number of hydrogen-bond acceptors (Lipinski definition) is 9. The predicted molar refractivity (Wildman–Crippen MR) is 106 cm³/mol. The van der Waals surface area contributed by atoms with Crippen molar-refractivity contribution in [3.63, 3.8) is 0 Å². The Bertz CT molecular complexity index is 1020. The van der Waals surface area contributed by atoms with Gasteiger partial charge in [-0.05, 0) is 6.92 Å². The Balaban J connectivity index is 0.000000821. The number of aromatic nitrogens is 3. The van der Waals surface area contributed by atoms with Crippen molar-refractivity contribution in [3.8, 4) is 0 Å². The molecule has 8 N–H and O–H groups in total. The molecule has 15 nitrogen and oxygen atoms in total. The lowest BCUT2D eigenvalue weighted by molar-refractivity contribution is -0.689. The number of rotatable bonds is 8. The van der Waals surface area contributed by atoms with Gasteiger partial charge in [0.25, 0.3) is 0 Å². The molecule has 2 aromatic rings. The van der Waals surface area contributed by atoms with Crippen LogP contribution in [0.15, 0.2) is 11.7 Å². The smallest absolute Gasteiger partial charge is 0.478 e. The minimum absolute atomic E-state index is 0. The number of phosphoric acid groups is 3. The number of hydrogen-bond donors (Lipinski definition) is 7. The van der Waals surface area contributed by atoms with Crippen LogP contribution in [0.1, 0.15) is 22.0 Å². The molecule has 0 saturated heterocycles. The Morgan fingerprint density at radius 1 is 1.06 bits per heavy atom. The fraction of sp³-hybridized carbons (Fsp3) is 0.417. The molecule has 0 aliphatic carbocycles. The number of phosphoric ester groups is 1. The highest BCUT2D eigenvalue weighted by Gasteiger charge is 2.28. The largest absolute Gasteiger partial charge is 1.00 e. The van der Waals surface area contributed by atoms with Gasteiger partial charge in [0, 0.05) is 19.5 Å². The molecule has 2 heterocycles. The average molecular weight is 559 g/mol. The molecule has 20 heteroatoms. The zero-order valence-electron chi connectivity index (χ0n) is 16.5. The molecule has 0 spiro atoms. The summed E-state index contributed by atoms with van der Waals surface area (Å²) < 4.78 is 39.3. The van der Waals surface area contributed by atoms with Crippen LogP contribution in [0.25, 0.3) is 0 Å². The first kappa shape index (κ1) is 31.2. The van der Waals surface area contributed by atoms with Gasteiger partial charge < -0.3 is 47.5 Å². The van der Waals surface area contributed by atoms with Crippen LogP contribution < -0.4 is 22.7 Å². The van der Waals surface area contributed by atoms with E-state index in [0.717, 1.165) is 16.1 Å². The van der Waals surface area contributed by atoms with Crippen molar-refractivity contribution in [2.24, 2.45) is 0 Å². The lowest BCUT2D eigenvalue weighted by Crippen LogP contribution is -3.00. The summed E-state index contributed by atoms with van der Waals surface area (Å²) in [6.45, 7) is 4.24. The maximum atomic E-state index is 10.7. The highest BCUT2D eigenvalue weighted by Crippen LogP contribution is 2.53.